The van der Waals surface area contributed by atoms with E-state index < -0.39 is 5.82 Å². The Morgan fingerprint density at radius 3 is 2.65 bits per heavy atom. The van der Waals surface area contributed by atoms with Gasteiger partial charge in [-0.05, 0) is 49.2 Å². The van der Waals surface area contributed by atoms with Crippen molar-refractivity contribution in [3.05, 3.63) is 54.6 Å². The minimum Gasteiger partial charge on any atom is -0.494 e. The second-order valence-corrected chi connectivity index (χ2v) is 8.02. The van der Waals surface area contributed by atoms with E-state index in [-0.39, 0.29) is 30.3 Å². The Labute approximate surface area is 194 Å². The van der Waals surface area contributed by atoms with Gasteiger partial charge in [0.05, 0.1) is 37.9 Å². The molecule has 1 saturated heterocycles. The summed E-state index contributed by atoms with van der Waals surface area (Å²) in [6, 6.07) is 11.8. The van der Waals surface area contributed by atoms with Crippen LogP contribution in [0.15, 0.2) is 48.8 Å². The van der Waals surface area contributed by atoms with Crippen LogP contribution in [0.5, 0.6) is 17.2 Å². The molecular weight excluding hydrogens is 441 g/mol. The van der Waals surface area contributed by atoms with E-state index in [0.717, 1.165) is 18.4 Å². The molecule has 0 spiro atoms. The molecule has 0 bridgehead atoms. The third-order valence-electron chi connectivity index (χ3n) is 5.92. The summed E-state index contributed by atoms with van der Waals surface area (Å²) in [4.78, 5) is 8.58. The molecule has 1 aliphatic heterocycles. The maximum atomic E-state index is 14.4. The van der Waals surface area contributed by atoms with Crippen LogP contribution in [0.3, 0.4) is 0 Å². The minimum absolute atomic E-state index is 0.00102. The first-order valence-corrected chi connectivity index (χ1v) is 10.9. The monoisotopic (exact) mass is 465 g/mol. The van der Waals surface area contributed by atoms with E-state index >= 15 is 0 Å². The molecule has 4 aromatic rings. The molecule has 0 aliphatic carbocycles. The van der Waals surface area contributed by atoms with Crippen molar-refractivity contribution in [1.82, 2.24) is 19.7 Å². The molecule has 0 amide bonds. The fourth-order valence-corrected chi connectivity index (χ4v) is 4.12. The number of halogens is 1. The fourth-order valence-electron chi connectivity index (χ4n) is 4.12. The van der Waals surface area contributed by atoms with Gasteiger partial charge in [-0.2, -0.15) is 9.49 Å². The van der Waals surface area contributed by atoms with Crippen molar-refractivity contribution >= 4 is 16.9 Å². The Balaban J connectivity index is 1.46. The zero-order chi connectivity index (χ0) is 23.7. The van der Waals surface area contributed by atoms with Gasteiger partial charge in [0.1, 0.15) is 23.6 Å². The lowest BCUT2D eigenvalue weighted by atomic mass is 10.1. The molecule has 176 valence electrons. The highest BCUT2D eigenvalue weighted by atomic mass is 19.1. The Bertz CT molecular complexity index is 1300. The van der Waals surface area contributed by atoms with Crippen molar-refractivity contribution in [3.8, 4) is 28.5 Å². The molecule has 3 heterocycles. The number of nitrogens with zero attached hydrogens (tertiary/aromatic N) is 4. The van der Waals surface area contributed by atoms with Gasteiger partial charge in [0, 0.05) is 5.56 Å². The molecule has 10 heteroatoms. The number of rotatable bonds is 6. The number of fused-ring (bicyclic) bond motifs is 1. The van der Waals surface area contributed by atoms with Crippen LogP contribution >= 0.6 is 0 Å². The number of anilines is 1. The molecule has 34 heavy (non-hydrogen) atoms. The summed E-state index contributed by atoms with van der Waals surface area (Å²) >= 11 is 0. The summed E-state index contributed by atoms with van der Waals surface area (Å²) in [5.41, 5.74) is 8.25. The van der Waals surface area contributed by atoms with Gasteiger partial charge < -0.3 is 25.1 Å². The van der Waals surface area contributed by atoms with Crippen molar-refractivity contribution in [2.75, 3.05) is 26.1 Å². The number of aliphatic hydroxyl groups excluding tert-OH is 1. The standard InChI is InChI=1S/C24H24FN5O4/c1-32-18-3-2-4-19(21(18)25)34-16-8-5-14(6-9-16)22-20-23(26)27-13-28-24(20)30(29-22)15-7-10-17(11-31)33-12-15/h2-6,8-9,13,15,17,31H,7,10-12H2,1H3,(H2,26,27,28). The largest absolute Gasteiger partial charge is 0.494 e. The summed E-state index contributed by atoms with van der Waals surface area (Å²) in [6.07, 6.45) is 2.79. The van der Waals surface area contributed by atoms with Gasteiger partial charge >= 0.3 is 0 Å². The lowest BCUT2D eigenvalue weighted by Gasteiger charge is -2.28. The molecule has 0 saturated carbocycles. The van der Waals surface area contributed by atoms with E-state index in [9.17, 15) is 9.50 Å². The van der Waals surface area contributed by atoms with Gasteiger partial charge in [0.2, 0.25) is 5.82 Å². The van der Waals surface area contributed by atoms with Gasteiger partial charge in [-0.15, -0.1) is 0 Å². The molecule has 0 radical (unpaired) electrons. The summed E-state index contributed by atoms with van der Waals surface area (Å²) < 4.78 is 32.7. The van der Waals surface area contributed by atoms with Gasteiger partial charge in [-0.1, -0.05) is 6.07 Å². The van der Waals surface area contributed by atoms with E-state index in [2.05, 4.69) is 9.97 Å². The van der Waals surface area contributed by atoms with E-state index in [1.165, 1.54) is 25.6 Å². The molecule has 3 N–H and O–H groups in total. The predicted octanol–water partition coefficient (Wildman–Crippen LogP) is 3.73. The third kappa shape index (κ3) is 4.02. The molecule has 1 fully saturated rings. The van der Waals surface area contributed by atoms with Crippen LogP contribution in [0.1, 0.15) is 18.9 Å². The van der Waals surface area contributed by atoms with Crippen molar-refractivity contribution in [2.45, 2.75) is 25.0 Å². The SMILES string of the molecule is COc1cccc(Oc2ccc(-c3nn(C4CCC(CO)OC4)c4ncnc(N)c34)cc2)c1F. The van der Waals surface area contributed by atoms with Crippen LogP contribution in [0.25, 0.3) is 22.3 Å². The maximum absolute atomic E-state index is 14.4. The summed E-state index contributed by atoms with van der Waals surface area (Å²) in [5, 5.41) is 14.8. The Hall–Kier alpha value is -3.76. The number of hydrogen-bond acceptors (Lipinski definition) is 8. The van der Waals surface area contributed by atoms with E-state index in [0.29, 0.717) is 34.9 Å². The number of methoxy groups -OCH3 is 1. The highest BCUT2D eigenvalue weighted by molar-refractivity contribution is 5.98. The van der Waals surface area contributed by atoms with Gasteiger partial charge in [-0.3, -0.25) is 0 Å². The smallest absolute Gasteiger partial charge is 0.207 e. The van der Waals surface area contributed by atoms with E-state index in [4.69, 9.17) is 25.0 Å². The lowest BCUT2D eigenvalue weighted by molar-refractivity contribution is -0.0403. The number of nitrogens with two attached hydrogens (primary N) is 1. The van der Waals surface area contributed by atoms with Crippen molar-refractivity contribution in [2.24, 2.45) is 0 Å². The molecule has 1 aliphatic rings. The van der Waals surface area contributed by atoms with Crippen LogP contribution < -0.4 is 15.2 Å². The number of ether oxygens (including phenoxy) is 3. The van der Waals surface area contributed by atoms with Crippen LogP contribution in [0.2, 0.25) is 0 Å². The van der Waals surface area contributed by atoms with Crippen LogP contribution in [-0.2, 0) is 4.74 Å². The molecular formula is C24H24FN5O4. The van der Waals surface area contributed by atoms with Crippen LogP contribution in [-0.4, -0.2) is 51.3 Å². The molecule has 9 nitrogen and oxygen atoms in total. The minimum atomic E-state index is -0.568. The number of benzene rings is 2. The summed E-state index contributed by atoms with van der Waals surface area (Å²) in [5.74, 6) is 0.396. The Morgan fingerprint density at radius 2 is 1.94 bits per heavy atom. The Morgan fingerprint density at radius 1 is 1.15 bits per heavy atom. The van der Waals surface area contributed by atoms with Crippen LogP contribution in [0, 0.1) is 5.82 Å². The number of hydrogen-bond donors (Lipinski definition) is 2. The quantitative estimate of drug-likeness (QED) is 0.442. The molecule has 2 unspecified atom stereocenters. The first-order chi connectivity index (χ1) is 16.6. The van der Waals surface area contributed by atoms with E-state index in [1.807, 2.05) is 16.8 Å². The van der Waals surface area contributed by atoms with Crippen molar-refractivity contribution in [3.63, 3.8) is 0 Å². The predicted molar refractivity (Wildman–Crippen MR) is 123 cm³/mol. The molecule has 5 rings (SSSR count). The molecule has 2 aromatic carbocycles. The summed E-state index contributed by atoms with van der Waals surface area (Å²) in [6.45, 7) is 0.422. The zero-order valence-corrected chi connectivity index (χ0v) is 18.5. The maximum Gasteiger partial charge on any atom is 0.207 e. The average molecular weight is 465 g/mol. The molecule has 2 aromatic heterocycles. The van der Waals surface area contributed by atoms with E-state index in [1.54, 1.807) is 18.2 Å². The highest BCUT2D eigenvalue weighted by Crippen LogP contribution is 2.36. The van der Waals surface area contributed by atoms with Crippen LogP contribution in [0.4, 0.5) is 10.2 Å². The summed E-state index contributed by atoms with van der Waals surface area (Å²) in [7, 11) is 1.40. The third-order valence-corrected chi connectivity index (χ3v) is 5.92. The zero-order valence-electron chi connectivity index (χ0n) is 18.5. The number of aliphatic hydroxyl groups is 1. The second kappa shape index (κ2) is 9.24. The second-order valence-electron chi connectivity index (χ2n) is 8.02. The fraction of sp³-hybridized carbons (Fsp3) is 0.292. The average Bonchev–Trinajstić information content (AvgIpc) is 3.27. The number of aromatic nitrogens is 4. The van der Waals surface area contributed by atoms with Crippen molar-refractivity contribution in [1.29, 1.82) is 0 Å². The topological polar surface area (TPSA) is 118 Å². The van der Waals surface area contributed by atoms with Gasteiger partial charge in [0.15, 0.2) is 17.1 Å². The number of nitrogen functional groups attached to an aromatic ring is 1. The lowest BCUT2D eigenvalue weighted by Crippen LogP contribution is -2.30. The Kier molecular flexibility index (Phi) is 5.99. The van der Waals surface area contributed by atoms with Gasteiger partial charge in [0.25, 0.3) is 0 Å². The normalized spacial score (nSPS) is 18.2. The first-order valence-electron chi connectivity index (χ1n) is 10.9. The molecule has 2 atom stereocenters. The first kappa shape index (κ1) is 22.1. The highest BCUT2D eigenvalue weighted by Gasteiger charge is 2.27. The van der Waals surface area contributed by atoms with Crippen molar-refractivity contribution < 1.29 is 23.7 Å². The van der Waals surface area contributed by atoms with Gasteiger partial charge in [-0.25, -0.2) is 14.6 Å².